The summed E-state index contributed by atoms with van der Waals surface area (Å²) < 4.78 is 5.94. The maximum atomic E-state index is 6.07. The molecule has 4 N–H and O–H groups in total. The number of aliphatic imine (C=N–C) groups is 1. The third-order valence-electron chi connectivity index (χ3n) is 5.70. The average molecular weight is 434 g/mol. The Balaban J connectivity index is 1.34. The number of hydrogen-bond donors (Lipinski definition) is 3. The highest BCUT2D eigenvalue weighted by molar-refractivity contribution is 6.30. The highest BCUT2D eigenvalue weighted by Gasteiger charge is 2.40. The van der Waals surface area contributed by atoms with Gasteiger partial charge in [-0.2, -0.15) is 5.01 Å². The normalized spacial score (nSPS) is 23.0. The summed E-state index contributed by atoms with van der Waals surface area (Å²) >= 11 is 6.07. The molecule has 0 aliphatic carbocycles. The number of guanidine groups is 1. The van der Waals surface area contributed by atoms with Crippen molar-refractivity contribution in [3.63, 3.8) is 0 Å². The van der Waals surface area contributed by atoms with Crippen LogP contribution in [0.3, 0.4) is 0 Å². The van der Waals surface area contributed by atoms with E-state index in [2.05, 4.69) is 57.1 Å². The van der Waals surface area contributed by atoms with E-state index >= 15 is 0 Å². The third kappa shape index (κ3) is 4.37. The highest BCUT2D eigenvalue weighted by Crippen LogP contribution is 2.38. The van der Waals surface area contributed by atoms with E-state index in [0.717, 1.165) is 22.8 Å². The molecular formula is C24H24ClN5O. The lowest BCUT2D eigenvalue weighted by molar-refractivity contribution is 0.0391. The van der Waals surface area contributed by atoms with Crippen LogP contribution in [0.2, 0.25) is 5.02 Å². The Bertz CT molecular complexity index is 1060. The summed E-state index contributed by atoms with van der Waals surface area (Å²) in [6.07, 6.45) is 0.631. The molecule has 7 heteroatoms. The van der Waals surface area contributed by atoms with Crippen molar-refractivity contribution in [1.82, 2.24) is 15.8 Å². The molecule has 31 heavy (non-hydrogen) atoms. The van der Waals surface area contributed by atoms with Crippen molar-refractivity contribution in [3.05, 3.63) is 101 Å². The second kappa shape index (κ2) is 8.59. The van der Waals surface area contributed by atoms with Crippen LogP contribution in [-0.2, 0) is 6.61 Å². The molecule has 0 spiro atoms. The van der Waals surface area contributed by atoms with E-state index in [4.69, 9.17) is 22.1 Å². The number of hydrogen-bond acceptors (Lipinski definition) is 6. The Kier molecular flexibility index (Phi) is 5.51. The van der Waals surface area contributed by atoms with Crippen LogP contribution >= 0.6 is 11.6 Å². The first-order valence-corrected chi connectivity index (χ1v) is 10.7. The highest BCUT2D eigenvalue weighted by atomic mass is 35.5. The van der Waals surface area contributed by atoms with Crippen molar-refractivity contribution in [2.24, 2.45) is 10.7 Å². The second-order valence-electron chi connectivity index (χ2n) is 7.77. The molecule has 3 aromatic carbocycles. The first-order chi connectivity index (χ1) is 15.2. The molecule has 3 atom stereocenters. The van der Waals surface area contributed by atoms with Gasteiger partial charge in [-0.1, -0.05) is 66.2 Å². The van der Waals surface area contributed by atoms with Crippen molar-refractivity contribution < 1.29 is 4.74 Å². The average Bonchev–Trinajstić information content (AvgIpc) is 3.19. The second-order valence-corrected chi connectivity index (χ2v) is 8.21. The molecule has 0 aromatic heterocycles. The fourth-order valence-corrected chi connectivity index (χ4v) is 4.24. The monoisotopic (exact) mass is 433 g/mol. The fraction of sp³-hybridized carbons (Fsp3) is 0.208. The van der Waals surface area contributed by atoms with Gasteiger partial charge in [-0.15, -0.1) is 0 Å². The number of nitrogens with one attached hydrogen (secondary N) is 2. The van der Waals surface area contributed by atoms with E-state index in [0.29, 0.717) is 12.6 Å². The molecule has 2 aliphatic heterocycles. The van der Waals surface area contributed by atoms with Gasteiger partial charge in [0.2, 0.25) is 5.96 Å². The summed E-state index contributed by atoms with van der Waals surface area (Å²) in [5.41, 5.74) is 12.7. The fourth-order valence-electron chi connectivity index (χ4n) is 4.12. The van der Waals surface area contributed by atoms with Crippen LogP contribution in [0.5, 0.6) is 5.75 Å². The molecule has 158 valence electrons. The van der Waals surface area contributed by atoms with E-state index in [1.165, 1.54) is 11.1 Å². The molecule has 2 heterocycles. The van der Waals surface area contributed by atoms with Crippen LogP contribution in [0.25, 0.3) is 0 Å². The van der Waals surface area contributed by atoms with Gasteiger partial charge in [0, 0.05) is 11.1 Å². The van der Waals surface area contributed by atoms with Gasteiger partial charge in [-0.3, -0.25) is 10.7 Å². The topological polar surface area (TPSA) is 74.9 Å². The Hall–Kier alpha value is -3.06. The number of hydrazine groups is 1. The van der Waals surface area contributed by atoms with E-state index in [9.17, 15) is 0 Å². The lowest BCUT2D eigenvalue weighted by atomic mass is 9.92. The number of nitrogens with zero attached hydrogens (tertiary/aromatic N) is 2. The zero-order chi connectivity index (χ0) is 21.2. The zero-order valence-electron chi connectivity index (χ0n) is 16.9. The van der Waals surface area contributed by atoms with Crippen LogP contribution in [0.1, 0.15) is 35.2 Å². The van der Waals surface area contributed by atoms with Gasteiger partial charge in [-0.25, -0.2) is 4.99 Å². The van der Waals surface area contributed by atoms with Crippen molar-refractivity contribution >= 4 is 17.6 Å². The molecule has 0 saturated carbocycles. The van der Waals surface area contributed by atoms with Crippen LogP contribution in [-0.4, -0.2) is 17.3 Å². The van der Waals surface area contributed by atoms with Crippen LogP contribution in [0, 0.1) is 0 Å². The van der Waals surface area contributed by atoms with Gasteiger partial charge in [-0.05, 0) is 47.4 Å². The van der Waals surface area contributed by atoms with Crippen molar-refractivity contribution in [2.45, 2.75) is 31.4 Å². The number of ether oxygens (including phenoxy) is 1. The first kappa shape index (κ1) is 19.9. The number of halogens is 1. The number of nitrogens with two attached hydrogens (primary N) is 1. The molecule has 3 unspecified atom stereocenters. The molecule has 0 radical (unpaired) electrons. The van der Waals surface area contributed by atoms with Gasteiger partial charge in [0.05, 0.1) is 6.04 Å². The van der Waals surface area contributed by atoms with Crippen molar-refractivity contribution in [1.29, 1.82) is 0 Å². The number of fused-ring (bicyclic) bond motifs is 1. The van der Waals surface area contributed by atoms with Crippen LogP contribution < -0.4 is 21.2 Å². The van der Waals surface area contributed by atoms with Crippen LogP contribution in [0.15, 0.2) is 83.9 Å². The van der Waals surface area contributed by atoms with E-state index in [-0.39, 0.29) is 18.4 Å². The summed E-state index contributed by atoms with van der Waals surface area (Å²) in [6.45, 7) is 0.548. The predicted molar refractivity (Wildman–Crippen MR) is 122 cm³/mol. The molecule has 1 saturated heterocycles. The van der Waals surface area contributed by atoms with E-state index in [1.807, 2.05) is 42.5 Å². The minimum Gasteiger partial charge on any atom is -0.489 e. The zero-order valence-corrected chi connectivity index (χ0v) is 17.7. The lowest BCUT2D eigenvalue weighted by Gasteiger charge is -2.41. The Morgan fingerprint density at radius 1 is 0.968 bits per heavy atom. The summed E-state index contributed by atoms with van der Waals surface area (Å²) in [7, 11) is 0. The Morgan fingerprint density at radius 2 is 1.68 bits per heavy atom. The first-order valence-electron chi connectivity index (χ1n) is 10.3. The molecule has 0 bridgehead atoms. The Morgan fingerprint density at radius 3 is 2.42 bits per heavy atom. The van der Waals surface area contributed by atoms with Gasteiger partial charge in [0.25, 0.3) is 0 Å². The molecule has 1 fully saturated rings. The minimum atomic E-state index is -0.228. The van der Waals surface area contributed by atoms with Crippen molar-refractivity contribution in [2.75, 3.05) is 0 Å². The lowest BCUT2D eigenvalue weighted by Crippen LogP contribution is -2.55. The molecule has 3 aromatic rings. The number of benzene rings is 3. The standard InChI is InChI=1S/C24H24ClN5O/c25-19-10-6-17(7-11-19)21-14-22(30-24(27-21)28-23(26)29-30)18-8-12-20(13-9-18)31-15-16-4-2-1-3-5-16/h1-13,21-22,24,27H,14-15H2,(H3,26,28,29). The predicted octanol–water partition coefficient (Wildman–Crippen LogP) is 4.11. The quantitative estimate of drug-likeness (QED) is 0.564. The summed E-state index contributed by atoms with van der Waals surface area (Å²) in [5.74, 6) is 1.26. The maximum absolute atomic E-state index is 6.07. The molecule has 6 nitrogen and oxygen atoms in total. The molecule has 5 rings (SSSR count). The largest absolute Gasteiger partial charge is 0.489 e. The molecule has 0 amide bonds. The summed E-state index contributed by atoms with van der Waals surface area (Å²) in [6, 6.07) is 26.6. The van der Waals surface area contributed by atoms with E-state index in [1.54, 1.807) is 0 Å². The van der Waals surface area contributed by atoms with Gasteiger partial charge in [0.15, 0.2) is 6.29 Å². The minimum absolute atomic E-state index is 0.0971. The van der Waals surface area contributed by atoms with Gasteiger partial charge in [0.1, 0.15) is 12.4 Å². The Labute approximate surface area is 186 Å². The van der Waals surface area contributed by atoms with E-state index < -0.39 is 0 Å². The molecular weight excluding hydrogens is 410 g/mol. The third-order valence-corrected chi connectivity index (χ3v) is 5.95. The van der Waals surface area contributed by atoms with Crippen molar-refractivity contribution in [3.8, 4) is 5.75 Å². The number of rotatable bonds is 5. The summed E-state index contributed by atoms with van der Waals surface area (Å²) in [5, 5.41) is 6.36. The smallest absolute Gasteiger partial charge is 0.206 e. The van der Waals surface area contributed by atoms with Gasteiger partial charge < -0.3 is 10.5 Å². The maximum Gasteiger partial charge on any atom is 0.206 e. The summed E-state index contributed by atoms with van der Waals surface area (Å²) in [4.78, 5) is 4.51. The van der Waals surface area contributed by atoms with Gasteiger partial charge >= 0.3 is 0 Å². The van der Waals surface area contributed by atoms with Crippen LogP contribution in [0.4, 0.5) is 0 Å². The SMILES string of the molecule is NC1=NC2NC(c3ccc(Cl)cc3)CC(c3ccc(OCc4ccccc4)cc3)N2N1. The molecule has 2 aliphatic rings.